The highest BCUT2D eigenvalue weighted by Crippen LogP contribution is 2.40. The summed E-state index contributed by atoms with van der Waals surface area (Å²) < 4.78 is 4.96. The second-order valence-electron chi connectivity index (χ2n) is 5.41. The van der Waals surface area contributed by atoms with Crippen LogP contribution in [0, 0.1) is 6.92 Å². The highest BCUT2D eigenvalue weighted by atomic mass is 16.6. The fraction of sp³-hybridized carbons (Fsp3) is 0.333. The number of esters is 1. The van der Waals surface area contributed by atoms with Gasteiger partial charge in [0.25, 0.3) is 0 Å². The number of aliphatic carboxylic acids is 1. The number of aliphatic hydroxyl groups excluding tert-OH is 2. The van der Waals surface area contributed by atoms with Gasteiger partial charge in [-0.1, -0.05) is 0 Å². The van der Waals surface area contributed by atoms with Crippen molar-refractivity contribution in [3.8, 4) is 17.2 Å². The Hall–Kier alpha value is -2.78. The molecule has 0 fully saturated rings. The Kier molecular flexibility index (Phi) is 4.67. The number of phenolic OH excluding ortho intramolecular Hbond substituents is 3. The number of carboxylic acid groups (broad SMARTS) is 1. The molecule has 2 rings (SSSR count). The molecule has 0 saturated carbocycles. The van der Waals surface area contributed by atoms with E-state index >= 15 is 0 Å². The van der Waals surface area contributed by atoms with Crippen LogP contribution >= 0.6 is 0 Å². The average molecular weight is 340 g/mol. The predicted octanol–water partition coefficient (Wildman–Crippen LogP) is -0.226. The lowest BCUT2D eigenvalue weighted by atomic mass is 9.92. The number of carboxylic acids is 1. The zero-order chi connectivity index (χ0) is 18.2. The molecule has 0 aliphatic heterocycles. The highest BCUT2D eigenvalue weighted by Gasteiger charge is 2.36. The van der Waals surface area contributed by atoms with Crippen LogP contribution in [0.1, 0.15) is 22.3 Å². The zero-order valence-corrected chi connectivity index (χ0v) is 12.5. The van der Waals surface area contributed by atoms with Gasteiger partial charge in [-0.2, -0.15) is 0 Å². The quantitative estimate of drug-likeness (QED) is 0.322. The predicted molar refractivity (Wildman–Crippen MR) is 77.7 cm³/mol. The molecule has 9 heteroatoms. The largest absolute Gasteiger partial charge is 0.504 e. The molecule has 1 aromatic carbocycles. The summed E-state index contributed by atoms with van der Waals surface area (Å²) in [6.07, 6.45) is -3.77. The summed E-state index contributed by atoms with van der Waals surface area (Å²) in [7, 11) is 0. The van der Waals surface area contributed by atoms with Crippen molar-refractivity contribution >= 4 is 11.9 Å². The lowest BCUT2D eigenvalue weighted by Crippen LogP contribution is -2.43. The van der Waals surface area contributed by atoms with Gasteiger partial charge in [0, 0.05) is 12.0 Å². The molecule has 0 spiro atoms. The maximum Gasteiger partial charge on any atom is 0.343 e. The molecule has 0 radical (unpaired) electrons. The van der Waals surface area contributed by atoms with E-state index in [9.17, 15) is 35.1 Å². The third-order valence-corrected chi connectivity index (χ3v) is 3.70. The Bertz CT molecular complexity index is 722. The van der Waals surface area contributed by atoms with Gasteiger partial charge in [-0.25, -0.2) is 9.59 Å². The minimum atomic E-state index is -1.55. The van der Waals surface area contributed by atoms with Crippen LogP contribution in [0.25, 0.3) is 0 Å². The van der Waals surface area contributed by atoms with Gasteiger partial charge in [0.15, 0.2) is 11.5 Å². The third-order valence-electron chi connectivity index (χ3n) is 3.70. The maximum absolute atomic E-state index is 12.2. The molecule has 3 atom stereocenters. The molecule has 130 valence electrons. The summed E-state index contributed by atoms with van der Waals surface area (Å²) >= 11 is 0. The molecule has 9 nitrogen and oxygen atoms in total. The number of aromatic hydroxyl groups is 3. The van der Waals surface area contributed by atoms with Crippen molar-refractivity contribution in [2.24, 2.45) is 0 Å². The molecule has 0 aromatic heterocycles. The topological polar surface area (TPSA) is 165 Å². The number of phenols is 3. The smallest absolute Gasteiger partial charge is 0.343 e. The molecule has 0 heterocycles. The van der Waals surface area contributed by atoms with E-state index in [1.807, 2.05) is 0 Å². The summed E-state index contributed by atoms with van der Waals surface area (Å²) in [6, 6.07) is 1.02. The van der Waals surface area contributed by atoms with Gasteiger partial charge in [-0.15, -0.1) is 0 Å². The number of carbonyl (C=O) groups is 2. The molecule has 1 aromatic rings. The van der Waals surface area contributed by atoms with Crippen molar-refractivity contribution in [3.63, 3.8) is 0 Å². The zero-order valence-electron chi connectivity index (χ0n) is 12.5. The first-order valence-corrected chi connectivity index (χ1v) is 6.89. The number of hydrogen-bond acceptors (Lipinski definition) is 8. The van der Waals surface area contributed by atoms with Crippen LogP contribution in [0.4, 0.5) is 0 Å². The first kappa shape index (κ1) is 17.6. The Morgan fingerprint density at radius 1 is 1.17 bits per heavy atom. The van der Waals surface area contributed by atoms with Crippen LogP contribution < -0.4 is 0 Å². The van der Waals surface area contributed by atoms with Crippen LogP contribution in [-0.4, -0.2) is 60.9 Å². The monoisotopic (exact) mass is 340 g/mol. The summed E-state index contributed by atoms with van der Waals surface area (Å²) in [6.45, 7) is 1.36. The van der Waals surface area contributed by atoms with Gasteiger partial charge < -0.3 is 35.4 Å². The second-order valence-corrected chi connectivity index (χ2v) is 5.41. The van der Waals surface area contributed by atoms with E-state index in [0.717, 1.165) is 12.1 Å². The Labute approximate surface area is 135 Å². The molecule has 0 bridgehead atoms. The Balaban J connectivity index is 2.34. The molecule has 1 aliphatic rings. The normalized spacial score (nSPS) is 23.5. The first-order valence-electron chi connectivity index (χ1n) is 6.89. The van der Waals surface area contributed by atoms with Crippen LogP contribution in [0.5, 0.6) is 17.2 Å². The van der Waals surface area contributed by atoms with E-state index in [1.165, 1.54) is 6.92 Å². The molecule has 6 N–H and O–H groups in total. The van der Waals surface area contributed by atoms with Crippen molar-refractivity contribution in [2.75, 3.05) is 0 Å². The van der Waals surface area contributed by atoms with Crippen molar-refractivity contribution in [1.82, 2.24) is 0 Å². The second kappa shape index (κ2) is 6.38. The van der Waals surface area contributed by atoms with Crippen LogP contribution in [-0.2, 0) is 9.53 Å². The Morgan fingerprint density at radius 2 is 1.79 bits per heavy atom. The fourth-order valence-electron chi connectivity index (χ4n) is 2.40. The van der Waals surface area contributed by atoms with Gasteiger partial charge in [0.05, 0.1) is 6.10 Å². The third kappa shape index (κ3) is 3.12. The lowest BCUT2D eigenvalue weighted by Gasteiger charge is -2.29. The maximum atomic E-state index is 12.2. The number of rotatable bonds is 3. The van der Waals surface area contributed by atoms with E-state index in [0.29, 0.717) is 0 Å². The van der Waals surface area contributed by atoms with E-state index in [-0.39, 0.29) is 17.6 Å². The van der Waals surface area contributed by atoms with Gasteiger partial charge in [-0.05, 0) is 24.6 Å². The lowest BCUT2D eigenvalue weighted by molar-refractivity contribution is -0.134. The number of ether oxygens (including phenoxy) is 1. The van der Waals surface area contributed by atoms with E-state index < -0.39 is 53.1 Å². The average Bonchev–Trinajstić information content (AvgIpc) is 2.49. The van der Waals surface area contributed by atoms with Crippen molar-refractivity contribution in [1.29, 1.82) is 0 Å². The number of benzene rings is 1. The van der Waals surface area contributed by atoms with Crippen LogP contribution in [0.3, 0.4) is 0 Å². The van der Waals surface area contributed by atoms with Crippen LogP contribution in [0.15, 0.2) is 17.7 Å². The molecule has 0 amide bonds. The summed E-state index contributed by atoms with van der Waals surface area (Å²) in [5.74, 6) is -4.96. The molecule has 3 unspecified atom stereocenters. The van der Waals surface area contributed by atoms with Crippen molar-refractivity contribution < 1.29 is 45.0 Å². The van der Waals surface area contributed by atoms with E-state index in [4.69, 9.17) is 9.84 Å². The Morgan fingerprint density at radius 3 is 2.38 bits per heavy atom. The molecular weight excluding hydrogens is 324 g/mol. The summed E-state index contributed by atoms with van der Waals surface area (Å²) in [5, 5.41) is 57.1. The van der Waals surface area contributed by atoms with Gasteiger partial charge in [0.1, 0.15) is 17.8 Å². The van der Waals surface area contributed by atoms with Crippen molar-refractivity contribution in [3.05, 3.63) is 28.8 Å². The standard InChI is InChI=1S/C15H16O9/c1-5-2-7(16)12(19)13(20)10(5)15(23)24-9-4-6(14(21)22)3-8(17)11(9)18/h2,4,8-9,11,16-20H,3H2,1H3,(H,21,22). The van der Waals surface area contributed by atoms with Crippen molar-refractivity contribution in [2.45, 2.75) is 31.7 Å². The molecular formula is C15H16O9. The van der Waals surface area contributed by atoms with Gasteiger partial charge >= 0.3 is 11.9 Å². The number of hydrogen-bond donors (Lipinski definition) is 6. The number of carbonyl (C=O) groups excluding carboxylic acids is 1. The molecule has 24 heavy (non-hydrogen) atoms. The number of aryl methyl sites for hydroxylation is 1. The van der Waals surface area contributed by atoms with Gasteiger partial charge in [-0.3, -0.25) is 0 Å². The highest BCUT2D eigenvalue weighted by molar-refractivity contribution is 5.96. The fourth-order valence-corrected chi connectivity index (χ4v) is 2.40. The summed E-state index contributed by atoms with van der Waals surface area (Å²) in [4.78, 5) is 23.2. The first-order chi connectivity index (χ1) is 11.1. The molecule has 0 saturated heterocycles. The minimum Gasteiger partial charge on any atom is -0.504 e. The molecule has 1 aliphatic carbocycles. The SMILES string of the molecule is Cc1cc(O)c(O)c(O)c1C(=O)OC1C=C(C(=O)O)CC(O)C1O. The van der Waals surface area contributed by atoms with Crippen LogP contribution in [0.2, 0.25) is 0 Å². The minimum absolute atomic E-state index is 0.0843. The number of aliphatic hydroxyl groups is 2. The van der Waals surface area contributed by atoms with E-state index in [1.54, 1.807) is 0 Å². The van der Waals surface area contributed by atoms with E-state index in [2.05, 4.69) is 0 Å². The summed E-state index contributed by atoms with van der Waals surface area (Å²) in [5.41, 5.74) is -0.607. The van der Waals surface area contributed by atoms with Gasteiger partial charge in [0.2, 0.25) is 5.75 Å².